The minimum absolute atomic E-state index is 0.0559. The second-order valence-corrected chi connectivity index (χ2v) is 3.33. The Morgan fingerprint density at radius 3 is 1.94 bits per heavy atom. The van der Waals surface area contributed by atoms with Crippen molar-refractivity contribution >= 4 is 24.3 Å². The number of aldehydes is 1. The third-order valence-electron chi connectivity index (χ3n) is 1.96. The molecule has 2 atom stereocenters. The fourth-order valence-corrected chi connectivity index (χ4v) is 1.04. The largest absolute Gasteiger partial charge is 0.480 e. The molecule has 0 bridgehead atoms. The highest BCUT2D eigenvalue weighted by atomic mass is 16.4. The first kappa shape index (κ1) is 15.8. The van der Waals surface area contributed by atoms with Crippen LogP contribution in [0.3, 0.4) is 0 Å². The lowest BCUT2D eigenvalue weighted by Crippen LogP contribution is -2.52. The molecule has 0 aliphatic rings. The molecule has 0 saturated heterocycles. The van der Waals surface area contributed by atoms with Crippen molar-refractivity contribution in [3.63, 3.8) is 0 Å². The van der Waals surface area contributed by atoms with Crippen molar-refractivity contribution in [3.8, 4) is 0 Å². The fourth-order valence-electron chi connectivity index (χ4n) is 1.04. The maximum absolute atomic E-state index is 11.2. The van der Waals surface area contributed by atoms with Crippen molar-refractivity contribution in [1.82, 2.24) is 10.6 Å². The van der Waals surface area contributed by atoms with E-state index in [-0.39, 0.29) is 12.8 Å². The van der Waals surface area contributed by atoms with E-state index in [9.17, 15) is 19.2 Å². The third-order valence-corrected chi connectivity index (χ3v) is 1.96. The molecule has 0 aliphatic carbocycles. The van der Waals surface area contributed by atoms with E-state index in [4.69, 9.17) is 15.3 Å². The lowest BCUT2D eigenvalue weighted by atomic mass is 10.2. The zero-order chi connectivity index (χ0) is 14.1. The molecule has 0 fully saturated rings. The Balaban J connectivity index is 4.36. The van der Waals surface area contributed by atoms with Gasteiger partial charge in [-0.25, -0.2) is 14.4 Å². The number of carbonyl (C=O) groups is 4. The average molecular weight is 262 g/mol. The molecular formula is C9H14N2O7. The van der Waals surface area contributed by atoms with Gasteiger partial charge >= 0.3 is 18.0 Å². The van der Waals surface area contributed by atoms with Crippen LogP contribution in [0.25, 0.3) is 0 Å². The van der Waals surface area contributed by atoms with Crippen LogP contribution in [0.15, 0.2) is 0 Å². The molecule has 0 radical (unpaired) electrons. The molecule has 0 aromatic carbocycles. The third kappa shape index (κ3) is 5.80. The first-order valence-corrected chi connectivity index (χ1v) is 4.99. The van der Waals surface area contributed by atoms with Gasteiger partial charge in [-0.3, -0.25) is 0 Å². The Kier molecular flexibility index (Phi) is 7.05. The van der Waals surface area contributed by atoms with Crippen molar-refractivity contribution in [2.45, 2.75) is 24.9 Å². The normalized spacial score (nSPS) is 13.2. The van der Waals surface area contributed by atoms with Gasteiger partial charge in [0, 0.05) is 6.42 Å². The summed E-state index contributed by atoms with van der Waals surface area (Å²) < 4.78 is 0. The second kappa shape index (κ2) is 8.01. The molecule has 9 heteroatoms. The van der Waals surface area contributed by atoms with E-state index in [0.29, 0.717) is 6.29 Å². The quantitative estimate of drug-likeness (QED) is 0.322. The van der Waals surface area contributed by atoms with Crippen molar-refractivity contribution in [2.24, 2.45) is 0 Å². The standard InChI is InChI=1S/C9H14N2O7/c12-3-1-2-5(7(14)15)10-9(18)11-6(4-13)8(16)17/h3,5-6,13H,1-2,4H2,(H,14,15)(H,16,17)(H2,10,11,18). The van der Waals surface area contributed by atoms with Crippen molar-refractivity contribution in [2.75, 3.05) is 6.61 Å². The molecule has 2 unspecified atom stereocenters. The first-order valence-electron chi connectivity index (χ1n) is 4.99. The van der Waals surface area contributed by atoms with Gasteiger partial charge in [0.15, 0.2) is 6.04 Å². The number of urea groups is 1. The SMILES string of the molecule is O=CCCC(NC(=O)NC(CO)C(=O)O)C(=O)O. The molecule has 102 valence electrons. The van der Waals surface area contributed by atoms with Crippen LogP contribution in [-0.2, 0) is 14.4 Å². The fraction of sp³-hybridized carbons (Fsp3) is 0.556. The molecule has 0 aromatic heterocycles. The molecule has 0 heterocycles. The number of aliphatic hydroxyl groups excluding tert-OH is 1. The highest BCUT2D eigenvalue weighted by molar-refractivity contribution is 5.86. The first-order chi connectivity index (χ1) is 8.42. The zero-order valence-corrected chi connectivity index (χ0v) is 9.33. The van der Waals surface area contributed by atoms with Crippen molar-refractivity contribution in [1.29, 1.82) is 0 Å². The zero-order valence-electron chi connectivity index (χ0n) is 9.33. The number of carboxylic acids is 2. The Bertz CT molecular complexity index is 331. The van der Waals surface area contributed by atoms with Gasteiger partial charge in [0.2, 0.25) is 0 Å². The van der Waals surface area contributed by atoms with E-state index in [2.05, 4.69) is 0 Å². The number of aliphatic carboxylic acids is 2. The van der Waals surface area contributed by atoms with E-state index in [0.717, 1.165) is 0 Å². The average Bonchev–Trinajstić information content (AvgIpc) is 2.30. The van der Waals surface area contributed by atoms with E-state index < -0.39 is 36.7 Å². The monoisotopic (exact) mass is 262 g/mol. The predicted octanol–water partition coefficient (Wildman–Crippen LogP) is -1.84. The van der Waals surface area contributed by atoms with Crippen LogP contribution in [0.2, 0.25) is 0 Å². The summed E-state index contributed by atoms with van der Waals surface area (Å²) in [5.41, 5.74) is 0. The maximum Gasteiger partial charge on any atom is 0.328 e. The molecule has 2 amide bonds. The molecule has 0 spiro atoms. The number of amides is 2. The minimum atomic E-state index is -1.52. The molecular weight excluding hydrogens is 248 g/mol. The van der Waals surface area contributed by atoms with Gasteiger partial charge in [-0.2, -0.15) is 0 Å². The van der Waals surface area contributed by atoms with Crippen LogP contribution in [0, 0.1) is 0 Å². The van der Waals surface area contributed by atoms with Gasteiger partial charge in [-0.05, 0) is 6.42 Å². The Hall–Kier alpha value is -2.16. The highest BCUT2D eigenvalue weighted by Gasteiger charge is 2.23. The number of hydrogen-bond donors (Lipinski definition) is 5. The van der Waals surface area contributed by atoms with E-state index in [1.54, 1.807) is 0 Å². The summed E-state index contributed by atoms with van der Waals surface area (Å²) >= 11 is 0. The summed E-state index contributed by atoms with van der Waals surface area (Å²) in [5, 5.41) is 29.8. The Labute approximate surface area is 102 Å². The van der Waals surface area contributed by atoms with Gasteiger partial charge in [0.1, 0.15) is 12.3 Å². The molecule has 9 nitrogen and oxygen atoms in total. The second-order valence-electron chi connectivity index (χ2n) is 3.33. The summed E-state index contributed by atoms with van der Waals surface area (Å²) in [7, 11) is 0. The summed E-state index contributed by atoms with van der Waals surface area (Å²) in [6.45, 7) is -0.825. The maximum atomic E-state index is 11.2. The van der Waals surface area contributed by atoms with Gasteiger partial charge in [-0.1, -0.05) is 0 Å². The van der Waals surface area contributed by atoms with Gasteiger partial charge in [-0.15, -0.1) is 0 Å². The number of aliphatic hydroxyl groups is 1. The minimum Gasteiger partial charge on any atom is -0.480 e. The van der Waals surface area contributed by atoms with Crippen LogP contribution in [-0.4, -0.2) is 58.3 Å². The molecule has 5 N–H and O–H groups in total. The number of carbonyl (C=O) groups excluding carboxylic acids is 2. The summed E-state index contributed by atoms with van der Waals surface area (Å²) in [5.74, 6) is -2.80. The lowest BCUT2D eigenvalue weighted by Gasteiger charge is -2.16. The van der Waals surface area contributed by atoms with Crippen LogP contribution >= 0.6 is 0 Å². The van der Waals surface area contributed by atoms with Crippen molar-refractivity contribution in [3.05, 3.63) is 0 Å². The number of carboxylic acid groups (broad SMARTS) is 2. The van der Waals surface area contributed by atoms with Crippen LogP contribution in [0.5, 0.6) is 0 Å². The molecule has 0 aromatic rings. The number of hydrogen-bond acceptors (Lipinski definition) is 5. The van der Waals surface area contributed by atoms with Crippen LogP contribution < -0.4 is 10.6 Å². The summed E-state index contributed by atoms with van der Waals surface area (Å²) in [4.78, 5) is 42.5. The number of nitrogens with one attached hydrogen (secondary N) is 2. The topological polar surface area (TPSA) is 153 Å². The van der Waals surface area contributed by atoms with E-state index in [1.165, 1.54) is 0 Å². The van der Waals surface area contributed by atoms with E-state index in [1.807, 2.05) is 10.6 Å². The van der Waals surface area contributed by atoms with Gasteiger partial charge in [0.05, 0.1) is 6.61 Å². The summed E-state index contributed by atoms with van der Waals surface area (Å²) in [6.07, 6.45) is 0.339. The molecule has 0 aliphatic heterocycles. The van der Waals surface area contributed by atoms with Gasteiger partial charge in [0.25, 0.3) is 0 Å². The van der Waals surface area contributed by atoms with Crippen molar-refractivity contribution < 1.29 is 34.5 Å². The highest BCUT2D eigenvalue weighted by Crippen LogP contribution is 1.96. The summed E-state index contributed by atoms with van der Waals surface area (Å²) in [6, 6.07) is -3.87. The molecule has 0 saturated carbocycles. The van der Waals surface area contributed by atoms with E-state index >= 15 is 0 Å². The van der Waals surface area contributed by atoms with Crippen LogP contribution in [0.4, 0.5) is 4.79 Å². The molecule has 18 heavy (non-hydrogen) atoms. The van der Waals surface area contributed by atoms with Gasteiger partial charge < -0.3 is 30.7 Å². The predicted molar refractivity (Wildman–Crippen MR) is 56.9 cm³/mol. The lowest BCUT2D eigenvalue weighted by molar-refractivity contribution is -0.140. The smallest absolute Gasteiger partial charge is 0.328 e. The Morgan fingerprint density at radius 2 is 1.56 bits per heavy atom. The Morgan fingerprint density at radius 1 is 1.06 bits per heavy atom. The number of rotatable bonds is 8. The molecule has 0 rings (SSSR count). The van der Waals surface area contributed by atoms with Crippen LogP contribution in [0.1, 0.15) is 12.8 Å².